The van der Waals surface area contributed by atoms with Gasteiger partial charge in [0.1, 0.15) is 5.76 Å². The number of fused-ring (bicyclic) bond motifs is 2. The first-order chi connectivity index (χ1) is 12.6. The third-order valence-corrected chi connectivity index (χ3v) is 4.46. The number of carbonyl (C=O) groups excluding carboxylic acids is 1. The van der Waals surface area contributed by atoms with Crippen LogP contribution in [0.4, 0.5) is 0 Å². The molecule has 0 radical (unpaired) electrons. The minimum Gasteiger partial charge on any atom is -0.469 e. The molecule has 5 heteroatoms. The molecule has 0 unspecified atom stereocenters. The molecular weight excluding hydrogens is 328 g/mol. The Morgan fingerprint density at radius 3 is 2.88 bits per heavy atom. The van der Waals surface area contributed by atoms with Gasteiger partial charge in [0.25, 0.3) is 5.91 Å². The molecule has 1 atom stereocenters. The fourth-order valence-electron chi connectivity index (χ4n) is 3.03. The van der Waals surface area contributed by atoms with Crippen LogP contribution in [0.3, 0.4) is 0 Å². The summed E-state index contributed by atoms with van der Waals surface area (Å²) >= 11 is 0. The van der Waals surface area contributed by atoms with E-state index in [9.17, 15) is 4.79 Å². The zero-order chi connectivity index (χ0) is 18.1. The highest BCUT2D eigenvalue weighted by Gasteiger charge is 2.16. The summed E-state index contributed by atoms with van der Waals surface area (Å²) in [5, 5.41) is 4.83. The zero-order valence-electron chi connectivity index (χ0n) is 14.8. The summed E-state index contributed by atoms with van der Waals surface area (Å²) in [6.07, 6.45) is 3.23. The molecular formula is C21H20N2O3. The van der Waals surface area contributed by atoms with Gasteiger partial charge in [-0.25, -0.2) is 4.98 Å². The van der Waals surface area contributed by atoms with Crippen LogP contribution < -0.4 is 5.32 Å². The lowest BCUT2D eigenvalue weighted by Gasteiger charge is -2.11. The van der Waals surface area contributed by atoms with Crippen molar-refractivity contribution in [3.63, 3.8) is 0 Å². The Labute approximate surface area is 151 Å². The van der Waals surface area contributed by atoms with Crippen molar-refractivity contribution in [1.29, 1.82) is 0 Å². The number of rotatable bonds is 5. The van der Waals surface area contributed by atoms with E-state index in [2.05, 4.69) is 10.3 Å². The molecule has 0 spiro atoms. The number of hydrogen-bond donors (Lipinski definition) is 1. The lowest BCUT2D eigenvalue weighted by atomic mass is 10.1. The summed E-state index contributed by atoms with van der Waals surface area (Å²) in [4.78, 5) is 17.0. The van der Waals surface area contributed by atoms with Crippen molar-refractivity contribution in [2.75, 3.05) is 0 Å². The maximum atomic E-state index is 12.5. The molecule has 0 aliphatic carbocycles. The van der Waals surface area contributed by atoms with Crippen LogP contribution in [0.25, 0.3) is 22.0 Å². The molecule has 1 N–H and O–H groups in total. The zero-order valence-corrected chi connectivity index (χ0v) is 14.8. The van der Waals surface area contributed by atoms with Crippen LogP contribution in [-0.2, 0) is 6.42 Å². The van der Waals surface area contributed by atoms with Gasteiger partial charge in [-0.2, -0.15) is 0 Å². The number of pyridine rings is 1. The number of nitrogens with one attached hydrogen (secondary N) is 1. The monoisotopic (exact) mass is 348 g/mol. The average Bonchev–Trinajstić information content (AvgIpc) is 3.27. The Balaban J connectivity index is 1.50. The van der Waals surface area contributed by atoms with E-state index in [0.29, 0.717) is 5.71 Å². The van der Waals surface area contributed by atoms with E-state index in [-0.39, 0.29) is 17.7 Å². The quantitative estimate of drug-likeness (QED) is 0.571. The lowest BCUT2D eigenvalue weighted by molar-refractivity contribution is 0.0912. The van der Waals surface area contributed by atoms with Gasteiger partial charge in [0.2, 0.25) is 5.71 Å². The summed E-state index contributed by atoms with van der Waals surface area (Å²) in [5.74, 6) is 0.973. The molecule has 26 heavy (non-hydrogen) atoms. The van der Waals surface area contributed by atoms with Crippen LogP contribution in [-0.4, -0.2) is 16.9 Å². The Morgan fingerprint density at radius 2 is 2.08 bits per heavy atom. The first kappa shape index (κ1) is 16.4. The Kier molecular flexibility index (Phi) is 4.21. The molecule has 0 aliphatic heterocycles. The fraction of sp³-hybridized carbons (Fsp3) is 0.238. The number of amides is 1. The topological polar surface area (TPSA) is 68.3 Å². The highest BCUT2D eigenvalue weighted by atomic mass is 16.4. The van der Waals surface area contributed by atoms with Crippen molar-refractivity contribution in [2.45, 2.75) is 32.7 Å². The van der Waals surface area contributed by atoms with E-state index < -0.39 is 0 Å². The van der Waals surface area contributed by atoms with Gasteiger partial charge in [-0.05, 0) is 56.2 Å². The van der Waals surface area contributed by atoms with Gasteiger partial charge < -0.3 is 14.2 Å². The van der Waals surface area contributed by atoms with Gasteiger partial charge >= 0.3 is 0 Å². The molecule has 0 bridgehead atoms. The molecule has 3 heterocycles. The van der Waals surface area contributed by atoms with Gasteiger partial charge in [-0.1, -0.05) is 12.1 Å². The Morgan fingerprint density at radius 1 is 1.19 bits per heavy atom. The van der Waals surface area contributed by atoms with Gasteiger partial charge in [-0.3, -0.25) is 4.79 Å². The number of hydrogen-bond acceptors (Lipinski definition) is 4. The SMILES string of the molecule is Cc1ccc2cc3cc(C(=O)N[C@H](C)CCc4ccco4)oc3nc2c1. The Hall–Kier alpha value is -3.08. The first-order valence-corrected chi connectivity index (χ1v) is 8.73. The van der Waals surface area contributed by atoms with Crippen LogP contribution >= 0.6 is 0 Å². The van der Waals surface area contributed by atoms with E-state index >= 15 is 0 Å². The van der Waals surface area contributed by atoms with Gasteiger partial charge in [0.05, 0.1) is 11.8 Å². The number of nitrogens with zero attached hydrogens (tertiary/aromatic N) is 1. The van der Waals surface area contributed by atoms with Crippen molar-refractivity contribution < 1.29 is 13.6 Å². The minimum atomic E-state index is -0.227. The number of furan rings is 2. The molecule has 0 saturated carbocycles. The highest BCUT2D eigenvalue weighted by Crippen LogP contribution is 2.23. The molecule has 3 aromatic heterocycles. The van der Waals surface area contributed by atoms with Gasteiger partial charge in [-0.15, -0.1) is 0 Å². The largest absolute Gasteiger partial charge is 0.469 e. The second-order valence-electron chi connectivity index (χ2n) is 6.68. The molecule has 0 fully saturated rings. The number of aryl methyl sites for hydroxylation is 2. The van der Waals surface area contributed by atoms with E-state index in [1.54, 1.807) is 12.3 Å². The molecule has 4 rings (SSSR count). The van der Waals surface area contributed by atoms with E-state index in [1.807, 2.05) is 50.2 Å². The van der Waals surface area contributed by atoms with Gasteiger partial charge in [0, 0.05) is 23.2 Å². The number of aromatic nitrogens is 1. The smallest absolute Gasteiger partial charge is 0.287 e. The summed E-state index contributed by atoms with van der Waals surface area (Å²) in [5.41, 5.74) is 2.49. The van der Waals surface area contributed by atoms with Crippen LogP contribution in [0, 0.1) is 6.92 Å². The minimum absolute atomic E-state index is 0.00972. The predicted molar refractivity (Wildman–Crippen MR) is 100 cm³/mol. The molecule has 5 nitrogen and oxygen atoms in total. The molecule has 4 aromatic rings. The maximum absolute atomic E-state index is 12.5. The van der Waals surface area contributed by atoms with E-state index in [0.717, 1.165) is 40.5 Å². The van der Waals surface area contributed by atoms with E-state index in [1.165, 1.54) is 0 Å². The Bertz CT molecular complexity index is 1060. The van der Waals surface area contributed by atoms with Crippen molar-refractivity contribution in [3.05, 3.63) is 65.8 Å². The second kappa shape index (κ2) is 6.67. The van der Waals surface area contributed by atoms with Crippen LogP contribution in [0.1, 0.15) is 35.2 Å². The molecule has 1 aromatic carbocycles. The van der Waals surface area contributed by atoms with Crippen molar-refractivity contribution in [3.8, 4) is 0 Å². The van der Waals surface area contributed by atoms with Crippen LogP contribution in [0.5, 0.6) is 0 Å². The highest BCUT2D eigenvalue weighted by molar-refractivity contribution is 5.98. The molecule has 132 valence electrons. The summed E-state index contributed by atoms with van der Waals surface area (Å²) in [7, 11) is 0. The lowest BCUT2D eigenvalue weighted by Crippen LogP contribution is -2.32. The van der Waals surface area contributed by atoms with Crippen molar-refractivity contribution in [1.82, 2.24) is 10.3 Å². The first-order valence-electron chi connectivity index (χ1n) is 8.73. The standard InChI is InChI=1S/C21H20N2O3/c1-13-5-7-15-11-16-12-19(26-21(16)23-18(15)10-13)20(24)22-14(2)6-8-17-4-3-9-25-17/h3-5,7,9-12,14H,6,8H2,1-2H3,(H,22,24)/t14-/m1/s1. The normalized spacial score (nSPS) is 12.5. The fourth-order valence-corrected chi connectivity index (χ4v) is 3.03. The third kappa shape index (κ3) is 3.33. The summed E-state index contributed by atoms with van der Waals surface area (Å²) in [6.45, 7) is 4.00. The third-order valence-electron chi connectivity index (χ3n) is 4.46. The van der Waals surface area contributed by atoms with Crippen LogP contribution in [0.15, 0.2) is 57.6 Å². The molecule has 0 saturated heterocycles. The van der Waals surface area contributed by atoms with Crippen LogP contribution in [0.2, 0.25) is 0 Å². The van der Waals surface area contributed by atoms with Crippen molar-refractivity contribution >= 4 is 27.9 Å². The molecule has 1 amide bonds. The summed E-state index contributed by atoms with van der Waals surface area (Å²) in [6, 6.07) is 13.6. The number of benzene rings is 1. The molecule has 0 aliphatic rings. The number of carbonyl (C=O) groups is 1. The maximum Gasteiger partial charge on any atom is 0.287 e. The van der Waals surface area contributed by atoms with Gasteiger partial charge in [0.15, 0.2) is 5.76 Å². The average molecular weight is 348 g/mol. The van der Waals surface area contributed by atoms with E-state index in [4.69, 9.17) is 8.83 Å². The predicted octanol–water partition coefficient (Wildman–Crippen LogP) is 4.63. The second-order valence-corrected chi connectivity index (χ2v) is 6.68. The van der Waals surface area contributed by atoms with Crippen molar-refractivity contribution in [2.24, 2.45) is 0 Å². The summed E-state index contributed by atoms with van der Waals surface area (Å²) < 4.78 is 11.0.